The van der Waals surface area contributed by atoms with Crippen LogP contribution in [0.1, 0.15) is 13.3 Å². The molecule has 0 heterocycles. The van der Waals surface area contributed by atoms with Gasteiger partial charge in [0.15, 0.2) is 5.96 Å². The molecule has 0 unspecified atom stereocenters. The monoisotopic (exact) mass is 329 g/mol. The third kappa shape index (κ3) is 8.86. The van der Waals surface area contributed by atoms with Crippen LogP contribution in [0.5, 0.6) is 0 Å². The summed E-state index contributed by atoms with van der Waals surface area (Å²) in [6, 6.07) is 7.90. The molecule has 0 spiro atoms. The van der Waals surface area contributed by atoms with E-state index in [9.17, 15) is 0 Å². The van der Waals surface area contributed by atoms with Gasteiger partial charge >= 0.3 is 0 Å². The van der Waals surface area contributed by atoms with Gasteiger partial charge < -0.3 is 15.4 Å². The number of halogens is 1. The van der Waals surface area contributed by atoms with E-state index >= 15 is 0 Å². The predicted octanol–water partition coefficient (Wildman–Crippen LogP) is 3.02. The quantitative estimate of drug-likeness (QED) is 0.316. The first-order valence-corrected chi connectivity index (χ1v) is 8.53. The van der Waals surface area contributed by atoms with Crippen LogP contribution in [-0.2, 0) is 4.74 Å². The lowest BCUT2D eigenvalue weighted by atomic mass is 10.4. The summed E-state index contributed by atoms with van der Waals surface area (Å²) in [5, 5.41) is 7.33. The van der Waals surface area contributed by atoms with Crippen LogP contribution in [0, 0.1) is 0 Å². The molecule has 0 amide bonds. The molecule has 1 aromatic carbocycles. The Morgan fingerprint density at radius 1 is 1.24 bits per heavy atom. The number of ether oxygens (including phenoxy) is 1. The summed E-state index contributed by atoms with van der Waals surface area (Å²) in [7, 11) is 1.78. The highest BCUT2D eigenvalue weighted by Gasteiger charge is 1.98. The van der Waals surface area contributed by atoms with E-state index in [-0.39, 0.29) is 0 Å². The second kappa shape index (κ2) is 11.7. The van der Waals surface area contributed by atoms with E-state index in [1.54, 1.807) is 18.8 Å². The molecule has 1 rings (SSSR count). The molecular weight excluding hydrogens is 306 g/mol. The van der Waals surface area contributed by atoms with E-state index in [1.165, 1.54) is 4.90 Å². The zero-order valence-electron chi connectivity index (χ0n) is 12.7. The van der Waals surface area contributed by atoms with Crippen LogP contribution in [0.2, 0.25) is 5.02 Å². The summed E-state index contributed by atoms with van der Waals surface area (Å²) in [6.45, 7) is 5.29. The number of nitrogens with one attached hydrogen (secondary N) is 2. The summed E-state index contributed by atoms with van der Waals surface area (Å²) in [6.07, 6.45) is 0.980. The van der Waals surface area contributed by atoms with E-state index < -0.39 is 0 Å². The lowest BCUT2D eigenvalue weighted by Gasteiger charge is -2.11. The number of guanidine groups is 1. The second-order valence-electron chi connectivity index (χ2n) is 4.28. The first-order chi connectivity index (χ1) is 10.3. The summed E-state index contributed by atoms with van der Waals surface area (Å²) in [5.41, 5.74) is 0. The van der Waals surface area contributed by atoms with Crippen molar-refractivity contribution in [1.82, 2.24) is 10.6 Å². The molecule has 0 fully saturated rings. The molecule has 2 N–H and O–H groups in total. The number of benzene rings is 1. The van der Waals surface area contributed by atoms with Crippen LogP contribution in [0.15, 0.2) is 34.2 Å². The Morgan fingerprint density at radius 2 is 1.95 bits per heavy atom. The highest BCUT2D eigenvalue weighted by Crippen LogP contribution is 2.19. The summed E-state index contributed by atoms with van der Waals surface area (Å²) < 4.78 is 5.29. The summed E-state index contributed by atoms with van der Waals surface area (Å²) in [4.78, 5) is 5.41. The third-order valence-electron chi connectivity index (χ3n) is 2.66. The third-order valence-corrected chi connectivity index (χ3v) is 3.93. The molecule has 0 saturated heterocycles. The van der Waals surface area contributed by atoms with Crippen LogP contribution < -0.4 is 10.6 Å². The van der Waals surface area contributed by atoms with Gasteiger partial charge in [-0.25, -0.2) is 0 Å². The Bertz CT molecular complexity index is 412. The maximum absolute atomic E-state index is 5.86. The van der Waals surface area contributed by atoms with Gasteiger partial charge in [-0.2, -0.15) is 0 Å². The first kappa shape index (κ1) is 18.1. The topological polar surface area (TPSA) is 45.6 Å². The predicted molar refractivity (Wildman–Crippen MR) is 92.7 cm³/mol. The summed E-state index contributed by atoms with van der Waals surface area (Å²) >= 11 is 7.65. The zero-order valence-corrected chi connectivity index (χ0v) is 14.3. The van der Waals surface area contributed by atoms with Crippen molar-refractivity contribution < 1.29 is 4.74 Å². The second-order valence-corrected chi connectivity index (χ2v) is 5.88. The molecule has 21 heavy (non-hydrogen) atoms. The molecule has 4 nitrogen and oxygen atoms in total. The van der Waals surface area contributed by atoms with E-state index in [0.29, 0.717) is 0 Å². The van der Waals surface area contributed by atoms with Crippen LogP contribution in [0.25, 0.3) is 0 Å². The molecule has 0 aliphatic rings. The molecule has 1 aromatic rings. The molecule has 0 atom stereocenters. The fraction of sp³-hybridized carbons (Fsp3) is 0.533. The van der Waals surface area contributed by atoms with Crippen molar-refractivity contribution in [2.24, 2.45) is 4.99 Å². The standard InChI is InChI=1S/C15H24ClN3OS/c1-3-20-11-4-9-18-15(17-2)19-10-12-21-14-7-5-13(16)6-8-14/h5-8H,3-4,9-12H2,1-2H3,(H2,17,18,19). The number of aliphatic imine (C=N–C) groups is 1. The molecule has 0 saturated carbocycles. The van der Waals surface area contributed by atoms with E-state index in [1.807, 2.05) is 31.2 Å². The maximum atomic E-state index is 5.86. The summed E-state index contributed by atoms with van der Waals surface area (Å²) in [5.74, 6) is 1.81. The van der Waals surface area contributed by atoms with Gasteiger partial charge in [-0.05, 0) is 37.6 Å². The van der Waals surface area contributed by atoms with Crippen LogP contribution in [-0.4, -0.2) is 45.1 Å². The Kier molecular flexibility index (Phi) is 10.1. The van der Waals surface area contributed by atoms with E-state index in [4.69, 9.17) is 16.3 Å². The van der Waals surface area contributed by atoms with E-state index in [2.05, 4.69) is 15.6 Å². The average Bonchev–Trinajstić information content (AvgIpc) is 2.51. The van der Waals surface area contributed by atoms with Gasteiger partial charge in [-0.15, -0.1) is 11.8 Å². The lowest BCUT2D eigenvalue weighted by molar-refractivity contribution is 0.145. The maximum Gasteiger partial charge on any atom is 0.191 e. The Hall–Kier alpha value is -0.910. The average molecular weight is 330 g/mol. The highest BCUT2D eigenvalue weighted by atomic mass is 35.5. The van der Waals surface area contributed by atoms with Crippen molar-refractivity contribution in [3.05, 3.63) is 29.3 Å². The van der Waals surface area contributed by atoms with Crippen molar-refractivity contribution >= 4 is 29.3 Å². The van der Waals surface area contributed by atoms with Gasteiger partial charge in [-0.1, -0.05) is 11.6 Å². The highest BCUT2D eigenvalue weighted by molar-refractivity contribution is 7.99. The van der Waals surface area contributed by atoms with Crippen molar-refractivity contribution in [3.8, 4) is 0 Å². The molecule has 0 aromatic heterocycles. The SMILES string of the molecule is CCOCCCNC(=NC)NCCSc1ccc(Cl)cc1. The normalized spacial score (nSPS) is 11.5. The Labute approximate surface area is 136 Å². The minimum atomic E-state index is 0.772. The smallest absolute Gasteiger partial charge is 0.191 e. The van der Waals surface area contributed by atoms with Gasteiger partial charge in [0.05, 0.1) is 0 Å². The van der Waals surface area contributed by atoms with Gasteiger partial charge in [0.2, 0.25) is 0 Å². The molecule has 0 radical (unpaired) electrons. The van der Waals surface area contributed by atoms with Gasteiger partial charge in [-0.3, -0.25) is 4.99 Å². The number of hydrogen-bond acceptors (Lipinski definition) is 3. The van der Waals surface area contributed by atoms with Crippen LogP contribution in [0.3, 0.4) is 0 Å². The fourth-order valence-electron chi connectivity index (χ4n) is 1.62. The fourth-order valence-corrected chi connectivity index (χ4v) is 2.51. The van der Waals surface area contributed by atoms with Crippen molar-refractivity contribution in [2.45, 2.75) is 18.2 Å². The Morgan fingerprint density at radius 3 is 2.62 bits per heavy atom. The van der Waals surface area contributed by atoms with Gasteiger partial charge in [0.25, 0.3) is 0 Å². The van der Waals surface area contributed by atoms with Crippen molar-refractivity contribution in [2.75, 3.05) is 39.1 Å². The van der Waals surface area contributed by atoms with Crippen LogP contribution >= 0.6 is 23.4 Å². The van der Waals surface area contributed by atoms with Crippen molar-refractivity contribution in [1.29, 1.82) is 0 Å². The Balaban J connectivity index is 2.10. The molecular formula is C15H24ClN3OS. The van der Waals surface area contributed by atoms with Gasteiger partial charge in [0, 0.05) is 49.0 Å². The zero-order chi connectivity index (χ0) is 15.3. The van der Waals surface area contributed by atoms with Crippen molar-refractivity contribution in [3.63, 3.8) is 0 Å². The molecule has 118 valence electrons. The molecule has 0 bridgehead atoms. The molecule has 0 aliphatic heterocycles. The minimum absolute atomic E-state index is 0.772. The lowest BCUT2D eigenvalue weighted by Crippen LogP contribution is -2.39. The number of rotatable bonds is 9. The largest absolute Gasteiger partial charge is 0.382 e. The van der Waals surface area contributed by atoms with E-state index in [0.717, 1.165) is 49.5 Å². The minimum Gasteiger partial charge on any atom is -0.382 e. The molecule has 6 heteroatoms. The number of nitrogens with zero attached hydrogens (tertiary/aromatic N) is 1. The molecule has 0 aliphatic carbocycles. The first-order valence-electron chi connectivity index (χ1n) is 7.17. The number of thioether (sulfide) groups is 1. The number of hydrogen-bond donors (Lipinski definition) is 2. The van der Waals surface area contributed by atoms with Crippen LogP contribution in [0.4, 0.5) is 0 Å². The van der Waals surface area contributed by atoms with Gasteiger partial charge in [0.1, 0.15) is 0 Å².